The summed E-state index contributed by atoms with van der Waals surface area (Å²) in [4.78, 5) is 0. The van der Waals surface area contributed by atoms with Crippen LogP contribution >= 0.6 is 0 Å². The molecule has 1 heteroatoms. The van der Waals surface area contributed by atoms with E-state index in [1.165, 1.54) is 42.0 Å². The topological polar surface area (TPSA) is 9.23 Å². The van der Waals surface area contributed by atoms with E-state index in [4.69, 9.17) is 4.74 Å². The highest BCUT2D eigenvalue weighted by Crippen LogP contribution is 2.32. The van der Waals surface area contributed by atoms with E-state index in [1.54, 1.807) is 0 Å². The summed E-state index contributed by atoms with van der Waals surface area (Å²) in [7, 11) is 0. The van der Waals surface area contributed by atoms with Gasteiger partial charge in [-0.25, -0.2) is 0 Å². The molecular formula is C22H24O. The zero-order chi connectivity index (χ0) is 15.9. The molecule has 0 saturated heterocycles. The lowest BCUT2D eigenvalue weighted by atomic mass is 9.99. The van der Waals surface area contributed by atoms with Crippen LogP contribution in [-0.4, -0.2) is 0 Å². The summed E-state index contributed by atoms with van der Waals surface area (Å²) in [5, 5.41) is 2.52. The monoisotopic (exact) mass is 304 g/mol. The van der Waals surface area contributed by atoms with Crippen LogP contribution in [-0.2, 0) is 6.42 Å². The normalized spacial score (nSPS) is 10.8. The highest BCUT2D eigenvalue weighted by Gasteiger charge is 2.07. The number of aryl methyl sites for hydroxylation is 1. The quantitative estimate of drug-likeness (QED) is 0.438. The average molecular weight is 304 g/mol. The van der Waals surface area contributed by atoms with Crippen molar-refractivity contribution in [3.63, 3.8) is 0 Å². The largest absolute Gasteiger partial charge is 0.457 e. The van der Waals surface area contributed by atoms with Crippen LogP contribution in [0.5, 0.6) is 11.5 Å². The molecule has 3 aromatic rings. The van der Waals surface area contributed by atoms with Crippen molar-refractivity contribution < 1.29 is 4.74 Å². The van der Waals surface area contributed by atoms with E-state index < -0.39 is 0 Å². The fraction of sp³-hybridized carbons (Fsp3) is 0.273. The summed E-state index contributed by atoms with van der Waals surface area (Å²) < 4.78 is 6.09. The smallest absolute Gasteiger partial charge is 0.135 e. The van der Waals surface area contributed by atoms with Crippen LogP contribution in [0.25, 0.3) is 10.8 Å². The van der Waals surface area contributed by atoms with Crippen LogP contribution in [0.3, 0.4) is 0 Å². The molecule has 118 valence electrons. The second-order valence-electron chi connectivity index (χ2n) is 5.99. The standard InChI is InChI=1S/C22H24O/c1-2-3-4-6-11-18-16-17-22(21-15-10-9-14-20(18)21)23-19-12-7-5-8-13-19/h5,7-10,12-17H,2-4,6,11H2,1H3. The molecule has 0 amide bonds. The number of fused-ring (bicyclic) bond motifs is 1. The molecule has 0 aliphatic carbocycles. The van der Waals surface area contributed by atoms with Crippen molar-refractivity contribution in [1.82, 2.24) is 0 Å². The van der Waals surface area contributed by atoms with Gasteiger partial charge in [0.1, 0.15) is 11.5 Å². The molecule has 0 bridgehead atoms. The first-order chi connectivity index (χ1) is 11.4. The highest BCUT2D eigenvalue weighted by atomic mass is 16.5. The van der Waals surface area contributed by atoms with Gasteiger partial charge < -0.3 is 4.74 Å². The molecule has 0 aliphatic rings. The van der Waals surface area contributed by atoms with Gasteiger partial charge >= 0.3 is 0 Å². The Labute approximate surface area is 138 Å². The van der Waals surface area contributed by atoms with Crippen LogP contribution in [0, 0.1) is 0 Å². The predicted molar refractivity (Wildman–Crippen MR) is 98.3 cm³/mol. The molecule has 0 unspecified atom stereocenters. The summed E-state index contributed by atoms with van der Waals surface area (Å²) in [6, 6.07) is 22.9. The average Bonchev–Trinajstić information content (AvgIpc) is 2.61. The minimum Gasteiger partial charge on any atom is -0.457 e. The van der Waals surface area contributed by atoms with Gasteiger partial charge in [-0.05, 0) is 42.0 Å². The van der Waals surface area contributed by atoms with Crippen molar-refractivity contribution in [2.45, 2.75) is 39.0 Å². The zero-order valence-electron chi connectivity index (χ0n) is 13.8. The first kappa shape index (κ1) is 15.6. The number of unbranched alkanes of at least 4 members (excludes halogenated alkanes) is 3. The fourth-order valence-corrected chi connectivity index (χ4v) is 3.00. The van der Waals surface area contributed by atoms with Gasteiger partial charge in [0, 0.05) is 5.39 Å². The van der Waals surface area contributed by atoms with E-state index in [2.05, 4.69) is 43.3 Å². The van der Waals surface area contributed by atoms with Gasteiger partial charge in [0.05, 0.1) is 0 Å². The lowest BCUT2D eigenvalue weighted by Crippen LogP contribution is -1.91. The number of hydrogen-bond acceptors (Lipinski definition) is 1. The SMILES string of the molecule is CCCCCCc1ccc(Oc2ccccc2)c2ccccc12. The lowest BCUT2D eigenvalue weighted by molar-refractivity contribution is 0.488. The molecule has 3 aromatic carbocycles. The van der Waals surface area contributed by atoms with E-state index in [0.717, 1.165) is 17.9 Å². The van der Waals surface area contributed by atoms with Crippen molar-refractivity contribution in [2.24, 2.45) is 0 Å². The van der Waals surface area contributed by atoms with Crippen LogP contribution < -0.4 is 4.74 Å². The van der Waals surface area contributed by atoms with E-state index in [0.29, 0.717) is 0 Å². The third-order valence-corrected chi connectivity index (χ3v) is 4.25. The van der Waals surface area contributed by atoms with Crippen molar-refractivity contribution in [2.75, 3.05) is 0 Å². The predicted octanol–water partition coefficient (Wildman–Crippen LogP) is 6.75. The first-order valence-corrected chi connectivity index (χ1v) is 8.62. The Morgan fingerprint density at radius 1 is 0.696 bits per heavy atom. The summed E-state index contributed by atoms with van der Waals surface area (Å²) in [6.07, 6.45) is 6.33. The van der Waals surface area contributed by atoms with Crippen molar-refractivity contribution >= 4 is 10.8 Å². The maximum atomic E-state index is 6.09. The maximum Gasteiger partial charge on any atom is 0.135 e. The summed E-state index contributed by atoms with van der Waals surface area (Å²) >= 11 is 0. The van der Waals surface area contributed by atoms with Crippen molar-refractivity contribution in [1.29, 1.82) is 0 Å². The summed E-state index contributed by atoms with van der Waals surface area (Å²) in [5.41, 5.74) is 1.43. The molecular weight excluding hydrogens is 280 g/mol. The second kappa shape index (κ2) is 7.82. The number of rotatable bonds is 7. The van der Waals surface area contributed by atoms with Crippen LogP contribution in [0.1, 0.15) is 38.2 Å². The molecule has 3 rings (SSSR count). The molecule has 0 radical (unpaired) electrons. The minimum atomic E-state index is 0.883. The molecule has 0 saturated carbocycles. The Morgan fingerprint density at radius 3 is 2.22 bits per heavy atom. The second-order valence-corrected chi connectivity index (χ2v) is 5.99. The van der Waals surface area contributed by atoms with Gasteiger partial charge in [0.2, 0.25) is 0 Å². The summed E-state index contributed by atoms with van der Waals surface area (Å²) in [6.45, 7) is 2.26. The molecule has 0 N–H and O–H groups in total. The molecule has 0 heterocycles. The van der Waals surface area contributed by atoms with E-state index in [9.17, 15) is 0 Å². The van der Waals surface area contributed by atoms with Gasteiger partial charge in [0.15, 0.2) is 0 Å². The van der Waals surface area contributed by atoms with Crippen molar-refractivity contribution in [3.8, 4) is 11.5 Å². The van der Waals surface area contributed by atoms with Gasteiger partial charge in [-0.1, -0.05) is 74.7 Å². The van der Waals surface area contributed by atoms with E-state index >= 15 is 0 Å². The molecule has 0 atom stereocenters. The van der Waals surface area contributed by atoms with Gasteiger partial charge in [-0.15, -0.1) is 0 Å². The minimum absolute atomic E-state index is 0.883. The maximum absolute atomic E-state index is 6.09. The molecule has 0 fully saturated rings. The molecule has 1 nitrogen and oxygen atoms in total. The first-order valence-electron chi connectivity index (χ1n) is 8.62. The van der Waals surface area contributed by atoms with Gasteiger partial charge in [-0.3, -0.25) is 0 Å². The molecule has 23 heavy (non-hydrogen) atoms. The molecule has 0 aliphatic heterocycles. The molecule has 0 spiro atoms. The Balaban J connectivity index is 1.86. The lowest BCUT2D eigenvalue weighted by Gasteiger charge is -2.12. The Kier molecular flexibility index (Phi) is 5.31. The number of ether oxygens (including phenoxy) is 1. The van der Waals surface area contributed by atoms with Crippen LogP contribution in [0.4, 0.5) is 0 Å². The Bertz CT molecular complexity index is 746. The number of para-hydroxylation sites is 1. The van der Waals surface area contributed by atoms with Gasteiger partial charge in [-0.2, -0.15) is 0 Å². The summed E-state index contributed by atoms with van der Waals surface area (Å²) in [5.74, 6) is 1.82. The van der Waals surface area contributed by atoms with Crippen LogP contribution in [0.2, 0.25) is 0 Å². The zero-order valence-corrected chi connectivity index (χ0v) is 13.8. The van der Waals surface area contributed by atoms with Gasteiger partial charge in [0.25, 0.3) is 0 Å². The number of benzene rings is 3. The Hall–Kier alpha value is -2.28. The fourth-order valence-electron chi connectivity index (χ4n) is 3.00. The van der Waals surface area contributed by atoms with E-state index in [-0.39, 0.29) is 0 Å². The van der Waals surface area contributed by atoms with Crippen molar-refractivity contribution in [3.05, 3.63) is 72.3 Å². The van der Waals surface area contributed by atoms with E-state index in [1.807, 2.05) is 30.3 Å². The third kappa shape index (κ3) is 3.92. The third-order valence-electron chi connectivity index (χ3n) is 4.25. The highest BCUT2D eigenvalue weighted by molar-refractivity contribution is 5.91. The number of hydrogen-bond donors (Lipinski definition) is 0. The molecule has 0 aromatic heterocycles. The van der Waals surface area contributed by atoms with Crippen LogP contribution in [0.15, 0.2) is 66.7 Å². The Morgan fingerprint density at radius 2 is 1.43 bits per heavy atom.